The van der Waals surface area contributed by atoms with E-state index in [1.165, 1.54) is 0 Å². The van der Waals surface area contributed by atoms with Gasteiger partial charge in [-0.3, -0.25) is 14.7 Å². The summed E-state index contributed by atoms with van der Waals surface area (Å²) in [6, 6.07) is 7.74. The summed E-state index contributed by atoms with van der Waals surface area (Å²) in [6.45, 7) is 14.9. The molecule has 2 rings (SSSR count). The number of hydrogen-bond acceptors (Lipinski definition) is 4. The normalized spacial score (nSPS) is 20.0. The zero-order chi connectivity index (χ0) is 22.1. The molecule has 1 heterocycles. The van der Waals surface area contributed by atoms with Gasteiger partial charge in [0.15, 0.2) is 5.96 Å². The van der Waals surface area contributed by atoms with Crippen molar-refractivity contribution in [3.63, 3.8) is 0 Å². The summed E-state index contributed by atoms with van der Waals surface area (Å²) in [5, 5.41) is 9.42. The first kappa shape index (κ1) is 27.6. The topological polar surface area (TPSA) is 78.0 Å². The predicted molar refractivity (Wildman–Crippen MR) is 139 cm³/mol. The van der Waals surface area contributed by atoms with E-state index in [4.69, 9.17) is 9.73 Å². The molecule has 1 aliphatic heterocycles. The fourth-order valence-electron chi connectivity index (χ4n) is 3.72. The molecule has 31 heavy (non-hydrogen) atoms. The molecule has 2 atom stereocenters. The second kappa shape index (κ2) is 13.2. The summed E-state index contributed by atoms with van der Waals surface area (Å²) in [7, 11) is 1.65. The van der Waals surface area contributed by atoms with Gasteiger partial charge in [-0.1, -0.05) is 12.1 Å². The average Bonchev–Trinajstić information content (AvgIpc) is 2.71. The molecule has 3 N–H and O–H groups in total. The molecule has 7 nitrogen and oxygen atoms in total. The van der Waals surface area contributed by atoms with Gasteiger partial charge in [0.05, 0.1) is 18.8 Å². The van der Waals surface area contributed by atoms with E-state index in [0.29, 0.717) is 12.1 Å². The number of amides is 1. The molecule has 1 aromatic rings. The summed E-state index contributed by atoms with van der Waals surface area (Å²) >= 11 is 0. The monoisotopic (exact) mass is 545 g/mol. The largest absolute Gasteiger partial charge is 0.373 e. The van der Waals surface area contributed by atoms with E-state index in [0.717, 1.165) is 44.1 Å². The van der Waals surface area contributed by atoms with Crippen molar-refractivity contribution in [2.24, 2.45) is 4.99 Å². The standard InChI is InChI=1S/C23H39N5O2.HI/c1-7-25-22(26-12-11-19-9-8-10-20(13-19)21(29)24-6)27-16-23(4,5)28-14-17(2)30-18(3)15-28;/h8-10,13,17-18H,7,11-12,14-16H2,1-6H3,(H,24,29)(H2,25,26,27);1H. The second-order valence-electron chi connectivity index (χ2n) is 8.63. The van der Waals surface area contributed by atoms with Crippen molar-refractivity contribution in [1.29, 1.82) is 0 Å². The van der Waals surface area contributed by atoms with Gasteiger partial charge in [-0.05, 0) is 58.7 Å². The van der Waals surface area contributed by atoms with Gasteiger partial charge in [-0.2, -0.15) is 0 Å². The number of carbonyl (C=O) groups is 1. The van der Waals surface area contributed by atoms with Crippen LogP contribution in [-0.4, -0.2) is 74.3 Å². The molecule has 0 spiro atoms. The Morgan fingerprint density at radius 3 is 2.52 bits per heavy atom. The number of ether oxygens (including phenoxy) is 1. The van der Waals surface area contributed by atoms with Crippen LogP contribution in [0.25, 0.3) is 0 Å². The first-order valence-corrected chi connectivity index (χ1v) is 11.0. The highest BCUT2D eigenvalue weighted by atomic mass is 127. The van der Waals surface area contributed by atoms with Gasteiger partial charge >= 0.3 is 0 Å². The molecule has 1 aromatic carbocycles. The number of guanidine groups is 1. The highest BCUT2D eigenvalue weighted by Gasteiger charge is 2.33. The Bertz CT molecular complexity index is 716. The third kappa shape index (κ3) is 8.94. The number of morpholine rings is 1. The molecular formula is C23H40IN5O2. The number of halogens is 1. The molecule has 0 saturated carbocycles. The van der Waals surface area contributed by atoms with E-state index in [9.17, 15) is 4.79 Å². The number of nitrogens with zero attached hydrogens (tertiary/aromatic N) is 2. The third-order valence-electron chi connectivity index (χ3n) is 5.37. The number of nitrogens with one attached hydrogen (secondary N) is 3. The van der Waals surface area contributed by atoms with Crippen LogP contribution in [0.2, 0.25) is 0 Å². The molecule has 0 aromatic heterocycles. The summed E-state index contributed by atoms with van der Waals surface area (Å²) < 4.78 is 5.87. The Hall–Kier alpha value is -1.39. The van der Waals surface area contributed by atoms with Crippen LogP contribution in [0, 0.1) is 0 Å². The maximum Gasteiger partial charge on any atom is 0.251 e. The van der Waals surface area contributed by atoms with Gasteiger partial charge in [0.1, 0.15) is 0 Å². The maximum absolute atomic E-state index is 11.8. The minimum atomic E-state index is -0.0614. The van der Waals surface area contributed by atoms with Crippen molar-refractivity contribution in [1.82, 2.24) is 20.9 Å². The summed E-state index contributed by atoms with van der Waals surface area (Å²) in [6.07, 6.45) is 1.31. The molecule has 2 unspecified atom stereocenters. The molecule has 1 fully saturated rings. The molecule has 176 valence electrons. The van der Waals surface area contributed by atoms with Crippen LogP contribution in [0.3, 0.4) is 0 Å². The van der Waals surface area contributed by atoms with Crippen LogP contribution in [-0.2, 0) is 11.2 Å². The quantitative estimate of drug-likeness (QED) is 0.266. The number of carbonyl (C=O) groups excluding carboxylic acids is 1. The van der Waals surface area contributed by atoms with Gasteiger partial charge in [0, 0.05) is 44.3 Å². The van der Waals surface area contributed by atoms with Crippen molar-refractivity contribution in [3.05, 3.63) is 35.4 Å². The lowest BCUT2D eigenvalue weighted by atomic mass is 10.0. The Morgan fingerprint density at radius 1 is 1.23 bits per heavy atom. The van der Waals surface area contributed by atoms with Gasteiger partial charge in [-0.15, -0.1) is 24.0 Å². The Kier molecular flexibility index (Phi) is 11.8. The highest BCUT2D eigenvalue weighted by Crippen LogP contribution is 2.21. The van der Waals surface area contributed by atoms with Crippen molar-refractivity contribution in [3.8, 4) is 0 Å². The molecule has 0 radical (unpaired) electrons. The lowest BCUT2D eigenvalue weighted by Gasteiger charge is -2.44. The molecule has 8 heteroatoms. The van der Waals surface area contributed by atoms with Crippen LogP contribution >= 0.6 is 24.0 Å². The zero-order valence-electron chi connectivity index (χ0n) is 19.8. The van der Waals surface area contributed by atoms with E-state index in [1.807, 2.05) is 24.3 Å². The van der Waals surface area contributed by atoms with Crippen LogP contribution in [0.5, 0.6) is 0 Å². The van der Waals surface area contributed by atoms with Crippen LogP contribution in [0.1, 0.15) is 50.5 Å². The number of aliphatic imine (C=N–C) groups is 1. The van der Waals surface area contributed by atoms with Gasteiger partial charge in [0.2, 0.25) is 0 Å². The zero-order valence-corrected chi connectivity index (χ0v) is 22.2. The van der Waals surface area contributed by atoms with Crippen molar-refractivity contribution in [2.75, 3.05) is 39.8 Å². The Morgan fingerprint density at radius 2 is 1.90 bits per heavy atom. The van der Waals surface area contributed by atoms with Crippen molar-refractivity contribution >= 4 is 35.8 Å². The first-order valence-electron chi connectivity index (χ1n) is 11.0. The molecule has 1 saturated heterocycles. The maximum atomic E-state index is 11.8. The smallest absolute Gasteiger partial charge is 0.251 e. The fraction of sp³-hybridized carbons (Fsp3) is 0.652. The first-order chi connectivity index (χ1) is 14.2. The van der Waals surface area contributed by atoms with Crippen molar-refractivity contribution < 1.29 is 9.53 Å². The highest BCUT2D eigenvalue weighted by molar-refractivity contribution is 14.0. The molecule has 0 bridgehead atoms. The lowest BCUT2D eigenvalue weighted by molar-refractivity contribution is -0.0939. The Labute approximate surface area is 204 Å². The summed E-state index contributed by atoms with van der Waals surface area (Å²) in [4.78, 5) is 19.1. The average molecular weight is 546 g/mol. The SMILES string of the molecule is CCNC(=NCC(C)(C)N1CC(C)OC(C)C1)NCCc1cccc(C(=O)NC)c1.I. The summed E-state index contributed by atoms with van der Waals surface area (Å²) in [5.74, 6) is 0.760. The minimum absolute atomic E-state index is 0. The molecule has 1 aliphatic rings. The molecular weight excluding hydrogens is 505 g/mol. The Balaban J connectivity index is 0.00000480. The number of hydrogen-bond donors (Lipinski definition) is 3. The van der Waals surface area contributed by atoms with E-state index in [-0.39, 0.29) is 47.6 Å². The third-order valence-corrected chi connectivity index (χ3v) is 5.37. The summed E-state index contributed by atoms with van der Waals surface area (Å²) in [5.41, 5.74) is 1.76. The number of benzene rings is 1. The lowest BCUT2D eigenvalue weighted by Crippen LogP contribution is -2.56. The van der Waals surface area contributed by atoms with Gasteiger partial charge in [0.25, 0.3) is 5.91 Å². The van der Waals surface area contributed by atoms with Gasteiger partial charge in [-0.25, -0.2) is 0 Å². The number of rotatable bonds is 8. The fourth-order valence-corrected chi connectivity index (χ4v) is 3.72. The van der Waals surface area contributed by atoms with Crippen LogP contribution in [0.4, 0.5) is 0 Å². The van der Waals surface area contributed by atoms with Gasteiger partial charge < -0.3 is 20.7 Å². The van der Waals surface area contributed by atoms with Crippen LogP contribution < -0.4 is 16.0 Å². The molecule has 1 amide bonds. The van der Waals surface area contributed by atoms with E-state index < -0.39 is 0 Å². The molecule has 0 aliphatic carbocycles. The van der Waals surface area contributed by atoms with E-state index in [2.05, 4.69) is 55.5 Å². The van der Waals surface area contributed by atoms with E-state index >= 15 is 0 Å². The second-order valence-corrected chi connectivity index (χ2v) is 8.63. The predicted octanol–water partition coefficient (Wildman–Crippen LogP) is 2.65. The minimum Gasteiger partial charge on any atom is -0.373 e. The van der Waals surface area contributed by atoms with Crippen LogP contribution in [0.15, 0.2) is 29.3 Å². The van der Waals surface area contributed by atoms with E-state index in [1.54, 1.807) is 7.05 Å². The van der Waals surface area contributed by atoms with Crippen molar-refractivity contribution in [2.45, 2.75) is 58.8 Å².